The van der Waals surface area contributed by atoms with Gasteiger partial charge in [-0.15, -0.1) is 0 Å². The van der Waals surface area contributed by atoms with Crippen LogP contribution in [0.4, 0.5) is 0 Å². The Kier molecular flexibility index (Phi) is 6.73. The molecule has 1 aliphatic heterocycles. The molecule has 100 valence electrons. The van der Waals surface area contributed by atoms with E-state index < -0.39 is 0 Å². The zero-order valence-corrected chi connectivity index (χ0v) is 11.8. The SMILES string of the molecule is CCCCNC(N)=NCC1(SC)CCOCC1. The summed E-state index contributed by atoms with van der Waals surface area (Å²) in [6.07, 6.45) is 6.60. The molecule has 0 atom stereocenters. The highest BCUT2D eigenvalue weighted by Crippen LogP contribution is 2.33. The van der Waals surface area contributed by atoms with Gasteiger partial charge in [0.15, 0.2) is 5.96 Å². The molecule has 0 unspecified atom stereocenters. The van der Waals surface area contributed by atoms with E-state index in [1.807, 2.05) is 11.8 Å². The van der Waals surface area contributed by atoms with Gasteiger partial charge in [0.2, 0.25) is 0 Å². The van der Waals surface area contributed by atoms with Crippen molar-refractivity contribution in [3.8, 4) is 0 Å². The first-order valence-electron chi connectivity index (χ1n) is 6.39. The molecule has 1 saturated heterocycles. The summed E-state index contributed by atoms with van der Waals surface area (Å²) in [6, 6.07) is 0. The quantitative estimate of drug-likeness (QED) is 0.432. The predicted molar refractivity (Wildman–Crippen MR) is 75.7 cm³/mol. The summed E-state index contributed by atoms with van der Waals surface area (Å²) >= 11 is 1.89. The zero-order valence-electron chi connectivity index (χ0n) is 11.0. The van der Waals surface area contributed by atoms with Crippen molar-refractivity contribution in [1.82, 2.24) is 5.32 Å². The van der Waals surface area contributed by atoms with Crippen molar-refractivity contribution in [3.05, 3.63) is 0 Å². The lowest BCUT2D eigenvalue weighted by Gasteiger charge is -2.34. The third-order valence-corrected chi connectivity index (χ3v) is 4.61. The molecule has 0 radical (unpaired) electrons. The number of ether oxygens (including phenoxy) is 1. The largest absolute Gasteiger partial charge is 0.381 e. The Morgan fingerprint density at radius 1 is 1.47 bits per heavy atom. The molecule has 1 fully saturated rings. The monoisotopic (exact) mass is 259 g/mol. The van der Waals surface area contributed by atoms with Crippen LogP contribution in [0, 0.1) is 0 Å². The van der Waals surface area contributed by atoms with Crippen LogP contribution < -0.4 is 11.1 Å². The van der Waals surface area contributed by atoms with E-state index in [9.17, 15) is 0 Å². The first-order chi connectivity index (χ1) is 8.22. The number of rotatable bonds is 6. The lowest BCUT2D eigenvalue weighted by Crippen LogP contribution is -2.38. The van der Waals surface area contributed by atoms with Gasteiger partial charge in [-0.3, -0.25) is 4.99 Å². The fourth-order valence-electron chi connectivity index (χ4n) is 1.85. The van der Waals surface area contributed by atoms with Gasteiger partial charge in [0.05, 0.1) is 6.54 Å². The van der Waals surface area contributed by atoms with Gasteiger partial charge >= 0.3 is 0 Å². The molecular weight excluding hydrogens is 234 g/mol. The lowest BCUT2D eigenvalue weighted by atomic mass is 9.99. The molecule has 1 aliphatic rings. The fourth-order valence-corrected chi connectivity index (χ4v) is 2.62. The maximum atomic E-state index is 5.84. The van der Waals surface area contributed by atoms with E-state index in [2.05, 4.69) is 23.5 Å². The van der Waals surface area contributed by atoms with E-state index in [0.29, 0.717) is 5.96 Å². The van der Waals surface area contributed by atoms with Crippen LogP contribution in [0.15, 0.2) is 4.99 Å². The molecule has 17 heavy (non-hydrogen) atoms. The van der Waals surface area contributed by atoms with Gasteiger partial charge in [-0.25, -0.2) is 0 Å². The summed E-state index contributed by atoms with van der Waals surface area (Å²) in [5, 5.41) is 3.15. The Balaban J connectivity index is 2.37. The second-order valence-corrected chi connectivity index (χ2v) is 5.76. The van der Waals surface area contributed by atoms with Crippen molar-refractivity contribution in [2.45, 2.75) is 37.4 Å². The highest BCUT2D eigenvalue weighted by Gasteiger charge is 2.31. The Morgan fingerprint density at radius 2 is 2.18 bits per heavy atom. The maximum Gasteiger partial charge on any atom is 0.188 e. The molecule has 1 rings (SSSR count). The summed E-state index contributed by atoms with van der Waals surface area (Å²) < 4.78 is 5.64. The minimum absolute atomic E-state index is 0.231. The van der Waals surface area contributed by atoms with Crippen molar-refractivity contribution in [2.24, 2.45) is 10.7 Å². The van der Waals surface area contributed by atoms with Crippen LogP contribution in [-0.2, 0) is 4.74 Å². The van der Waals surface area contributed by atoms with Gasteiger partial charge in [-0.05, 0) is 25.5 Å². The predicted octanol–water partition coefficient (Wildman–Crippen LogP) is 1.60. The number of hydrogen-bond acceptors (Lipinski definition) is 3. The highest BCUT2D eigenvalue weighted by atomic mass is 32.2. The Labute approximate surface area is 109 Å². The van der Waals surface area contributed by atoms with Crippen molar-refractivity contribution >= 4 is 17.7 Å². The van der Waals surface area contributed by atoms with Crippen molar-refractivity contribution < 1.29 is 4.74 Å². The number of guanidine groups is 1. The second-order valence-electron chi connectivity index (χ2n) is 4.48. The molecule has 0 aromatic carbocycles. The minimum atomic E-state index is 0.231. The maximum absolute atomic E-state index is 5.84. The standard InChI is InChI=1S/C12H25N3OS/c1-3-4-7-14-11(13)15-10-12(17-2)5-8-16-9-6-12/h3-10H2,1-2H3,(H3,13,14,15). The van der Waals surface area contributed by atoms with Gasteiger partial charge in [-0.2, -0.15) is 11.8 Å². The Morgan fingerprint density at radius 3 is 2.76 bits per heavy atom. The summed E-state index contributed by atoms with van der Waals surface area (Å²) in [4.78, 5) is 4.47. The van der Waals surface area contributed by atoms with Crippen LogP contribution in [0.25, 0.3) is 0 Å². The summed E-state index contributed by atoms with van der Waals surface area (Å²) in [6.45, 7) is 5.57. The number of aliphatic imine (C=N–C) groups is 1. The lowest BCUT2D eigenvalue weighted by molar-refractivity contribution is 0.0794. The third-order valence-electron chi connectivity index (χ3n) is 3.21. The van der Waals surface area contributed by atoms with Gasteiger partial charge in [0.25, 0.3) is 0 Å². The summed E-state index contributed by atoms with van der Waals surface area (Å²) in [7, 11) is 0. The zero-order chi connectivity index (χ0) is 12.6. The third kappa shape index (κ3) is 5.17. The molecular formula is C12H25N3OS. The van der Waals surface area contributed by atoms with E-state index in [-0.39, 0.29) is 4.75 Å². The molecule has 0 aliphatic carbocycles. The molecule has 4 nitrogen and oxygen atoms in total. The average molecular weight is 259 g/mol. The number of hydrogen-bond donors (Lipinski definition) is 2. The van der Waals surface area contributed by atoms with Crippen LogP contribution in [0.3, 0.4) is 0 Å². The molecule has 3 N–H and O–H groups in total. The van der Waals surface area contributed by atoms with E-state index >= 15 is 0 Å². The molecule has 0 aromatic rings. The average Bonchev–Trinajstić information content (AvgIpc) is 2.38. The number of nitrogens with one attached hydrogen (secondary N) is 1. The molecule has 5 heteroatoms. The van der Waals surface area contributed by atoms with Crippen molar-refractivity contribution in [3.63, 3.8) is 0 Å². The van der Waals surface area contributed by atoms with Gasteiger partial charge < -0.3 is 15.8 Å². The van der Waals surface area contributed by atoms with Crippen LogP contribution in [0.2, 0.25) is 0 Å². The van der Waals surface area contributed by atoms with Crippen LogP contribution in [0.5, 0.6) is 0 Å². The number of thioether (sulfide) groups is 1. The molecule has 0 amide bonds. The van der Waals surface area contributed by atoms with Gasteiger partial charge in [-0.1, -0.05) is 13.3 Å². The molecule has 0 aromatic heterocycles. The molecule has 1 heterocycles. The summed E-state index contributed by atoms with van der Waals surface area (Å²) in [5.74, 6) is 0.582. The number of nitrogens with zero attached hydrogens (tertiary/aromatic N) is 1. The smallest absolute Gasteiger partial charge is 0.188 e. The Hall–Kier alpha value is -0.420. The van der Waals surface area contributed by atoms with Gasteiger partial charge in [0.1, 0.15) is 0 Å². The van der Waals surface area contributed by atoms with Crippen LogP contribution >= 0.6 is 11.8 Å². The second kappa shape index (κ2) is 7.82. The van der Waals surface area contributed by atoms with Crippen molar-refractivity contribution in [1.29, 1.82) is 0 Å². The summed E-state index contributed by atoms with van der Waals surface area (Å²) in [5.41, 5.74) is 5.84. The molecule has 0 spiro atoms. The van der Waals surface area contributed by atoms with E-state index in [4.69, 9.17) is 10.5 Å². The fraction of sp³-hybridized carbons (Fsp3) is 0.917. The minimum Gasteiger partial charge on any atom is -0.381 e. The molecule has 0 saturated carbocycles. The normalized spacial score (nSPS) is 20.2. The first kappa shape index (κ1) is 14.6. The van der Waals surface area contributed by atoms with Gasteiger partial charge in [0, 0.05) is 24.5 Å². The first-order valence-corrected chi connectivity index (χ1v) is 7.61. The van der Waals surface area contributed by atoms with Crippen molar-refractivity contribution in [2.75, 3.05) is 32.6 Å². The van der Waals surface area contributed by atoms with E-state index in [1.54, 1.807) is 0 Å². The van der Waals surface area contributed by atoms with E-state index in [1.165, 1.54) is 6.42 Å². The van der Waals surface area contributed by atoms with E-state index in [0.717, 1.165) is 45.6 Å². The van der Waals surface area contributed by atoms with Crippen LogP contribution in [-0.4, -0.2) is 43.3 Å². The topological polar surface area (TPSA) is 59.6 Å². The highest BCUT2D eigenvalue weighted by molar-refractivity contribution is 8.00. The van der Waals surface area contributed by atoms with Crippen LogP contribution in [0.1, 0.15) is 32.6 Å². The number of nitrogens with two attached hydrogens (primary N) is 1. The Bertz CT molecular complexity index is 240. The molecule has 0 bridgehead atoms. The number of unbranched alkanes of at least 4 members (excludes halogenated alkanes) is 1.